The van der Waals surface area contributed by atoms with Gasteiger partial charge in [-0.15, -0.1) is 0 Å². The largest absolute Gasteiger partial charge is 0.506 e. The zero-order valence-electron chi connectivity index (χ0n) is 14.1. The summed E-state index contributed by atoms with van der Waals surface area (Å²) in [7, 11) is 0. The molecule has 2 rings (SSSR count). The summed E-state index contributed by atoms with van der Waals surface area (Å²) in [6.07, 6.45) is 0.743. The van der Waals surface area contributed by atoms with E-state index in [9.17, 15) is 14.7 Å². The molecule has 2 N–H and O–H groups in total. The van der Waals surface area contributed by atoms with Gasteiger partial charge >= 0.3 is 6.09 Å². The van der Waals surface area contributed by atoms with E-state index < -0.39 is 5.60 Å². The van der Waals surface area contributed by atoms with Gasteiger partial charge in [0.15, 0.2) is 0 Å². The second-order valence-corrected chi connectivity index (χ2v) is 7.33. The van der Waals surface area contributed by atoms with Crippen LogP contribution in [0.25, 0.3) is 0 Å². The van der Waals surface area contributed by atoms with Crippen molar-refractivity contribution in [3.8, 4) is 5.75 Å². The SMILES string of the molecule is CC(C)(C)OC(=O)N1CCC(C(=O)Nc2cc(Cl)ccc2O)CC1. The van der Waals surface area contributed by atoms with Crippen molar-refractivity contribution in [2.75, 3.05) is 18.4 Å². The number of nitrogens with zero attached hydrogens (tertiary/aromatic N) is 1. The van der Waals surface area contributed by atoms with Gasteiger partial charge in [0.1, 0.15) is 11.4 Å². The molecule has 7 heteroatoms. The van der Waals surface area contributed by atoms with Crippen molar-refractivity contribution in [1.82, 2.24) is 4.90 Å². The maximum atomic E-state index is 12.3. The van der Waals surface area contributed by atoms with Crippen LogP contribution in [0.1, 0.15) is 33.6 Å². The number of rotatable bonds is 2. The highest BCUT2D eigenvalue weighted by Gasteiger charge is 2.30. The van der Waals surface area contributed by atoms with E-state index in [1.54, 1.807) is 11.0 Å². The summed E-state index contributed by atoms with van der Waals surface area (Å²) in [5.41, 5.74) is -0.239. The Kier molecular flexibility index (Phi) is 5.59. The Morgan fingerprint density at radius 1 is 1.29 bits per heavy atom. The smallest absolute Gasteiger partial charge is 0.410 e. The monoisotopic (exact) mass is 354 g/mol. The zero-order chi connectivity index (χ0) is 17.9. The Hall–Kier alpha value is -1.95. The average molecular weight is 355 g/mol. The summed E-state index contributed by atoms with van der Waals surface area (Å²) >= 11 is 5.87. The van der Waals surface area contributed by atoms with Crippen molar-refractivity contribution < 1.29 is 19.4 Å². The maximum Gasteiger partial charge on any atom is 0.410 e. The van der Waals surface area contributed by atoms with Gasteiger partial charge in [-0.25, -0.2) is 4.79 Å². The second kappa shape index (κ2) is 7.30. The summed E-state index contributed by atoms with van der Waals surface area (Å²) in [5, 5.41) is 12.9. The summed E-state index contributed by atoms with van der Waals surface area (Å²) < 4.78 is 5.34. The molecule has 0 saturated carbocycles. The van der Waals surface area contributed by atoms with Crippen molar-refractivity contribution in [1.29, 1.82) is 0 Å². The normalized spacial score (nSPS) is 15.9. The Labute approximate surface area is 146 Å². The van der Waals surface area contributed by atoms with E-state index in [2.05, 4.69) is 5.32 Å². The van der Waals surface area contributed by atoms with E-state index in [0.717, 1.165) is 0 Å². The first-order chi connectivity index (χ1) is 11.2. The highest BCUT2D eigenvalue weighted by atomic mass is 35.5. The minimum atomic E-state index is -0.532. The van der Waals surface area contributed by atoms with Gasteiger partial charge in [-0.3, -0.25) is 4.79 Å². The number of carbonyl (C=O) groups is 2. The first-order valence-corrected chi connectivity index (χ1v) is 8.31. The van der Waals surface area contributed by atoms with Crippen LogP contribution in [0.5, 0.6) is 5.75 Å². The molecule has 1 heterocycles. The molecule has 0 aromatic heterocycles. The molecule has 1 aliphatic heterocycles. The van der Waals surface area contributed by atoms with Gasteiger partial charge in [-0.1, -0.05) is 11.6 Å². The molecule has 1 aromatic carbocycles. The molecule has 0 unspecified atom stereocenters. The Morgan fingerprint density at radius 2 is 1.92 bits per heavy atom. The summed E-state index contributed by atoms with van der Waals surface area (Å²) in [6, 6.07) is 4.49. The Bertz CT molecular complexity index is 620. The minimum absolute atomic E-state index is 0.0288. The lowest BCUT2D eigenvalue weighted by Gasteiger charge is -2.32. The van der Waals surface area contributed by atoms with Gasteiger partial charge < -0.3 is 20.1 Å². The van der Waals surface area contributed by atoms with Crippen LogP contribution in [0.3, 0.4) is 0 Å². The van der Waals surface area contributed by atoms with Gasteiger partial charge in [0.25, 0.3) is 0 Å². The van der Waals surface area contributed by atoms with Crippen molar-refractivity contribution in [2.24, 2.45) is 5.92 Å². The fraction of sp³-hybridized carbons (Fsp3) is 0.529. The number of benzene rings is 1. The minimum Gasteiger partial charge on any atom is -0.506 e. The molecule has 24 heavy (non-hydrogen) atoms. The summed E-state index contributed by atoms with van der Waals surface area (Å²) in [4.78, 5) is 26.0. The molecule has 0 radical (unpaired) electrons. The number of carbonyl (C=O) groups excluding carboxylic acids is 2. The van der Waals surface area contributed by atoms with Crippen LogP contribution < -0.4 is 5.32 Å². The van der Waals surface area contributed by atoms with Gasteiger partial charge in [0.05, 0.1) is 5.69 Å². The molecule has 0 bridgehead atoms. The topological polar surface area (TPSA) is 78.9 Å². The third-order valence-corrected chi connectivity index (χ3v) is 3.97. The van der Waals surface area contributed by atoms with Crippen molar-refractivity contribution >= 4 is 29.3 Å². The number of ether oxygens (including phenoxy) is 1. The standard InChI is InChI=1S/C17H23ClN2O4/c1-17(2,3)24-16(23)20-8-6-11(7-9-20)15(22)19-13-10-12(18)4-5-14(13)21/h4-5,10-11,21H,6-9H2,1-3H3,(H,19,22). The van der Waals surface area contributed by atoms with Crippen molar-refractivity contribution in [2.45, 2.75) is 39.2 Å². The number of nitrogens with one attached hydrogen (secondary N) is 1. The molecule has 1 aromatic rings. The van der Waals surface area contributed by atoms with Gasteiger partial charge in [-0.05, 0) is 51.8 Å². The molecule has 6 nitrogen and oxygen atoms in total. The molecule has 1 fully saturated rings. The van der Waals surface area contributed by atoms with Crippen molar-refractivity contribution in [3.63, 3.8) is 0 Å². The summed E-state index contributed by atoms with van der Waals surface area (Å²) in [5.74, 6) is -0.433. The molecule has 132 valence electrons. The number of likely N-dealkylation sites (tertiary alicyclic amines) is 1. The fourth-order valence-corrected chi connectivity index (χ4v) is 2.67. The number of aromatic hydroxyl groups is 1. The van der Waals surface area contributed by atoms with Crippen LogP contribution in [-0.4, -0.2) is 40.7 Å². The number of anilines is 1. The third-order valence-electron chi connectivity index (χ3n) is 3.73. The number of amides is 2. The Balaban J connectivity index is 1.89. The van der Waals surface area contributed by atoms with Crippen LogP contribution in [0, 0.1) is 5.92 Å². The van der Waals surface area contributed by atoms with Crippen LogP contribution >= 0.6 is 11.6 Å². The van der Waals surface area contributed by atoms with E-state index in [0.29, 0.717) is 36.6 Å². The van der Waals surface area contributed by atoms with Crippen molar-refractivity contribution in [3.05, 3.63) is 23.2 Å². The van der Waals surface area contributed by atoms with Crippen LogP contribution in [0.2, 0.25) is 5.02 Å². The predicted molar refractivity (Wildman–Crippen MR) is 92.3 cm³/mol. The van der Waals surface area contributed by atoms with Gasteiger partial charge in [-0.2, -0.15) is 0 Å². The van der Waals surface area contributed by atoms with E-state index in [-0.39, 0.29) is 23.7 Å². The van der Waals surface area contributed by atoms with Crippen LogP contribution in [-0.2, 0) is 9.53 Å². The van der Waals surface area contributed by atoms with Crippen LogP contribution in [0.4, 0.5) is 10.5 Å². The lowest BCUT2D eigenvalue weighted by Crippen LogP contribution is -2.43. The van der Waals surface area contributed by atoms with Gasteiger partial charge in [0, 0.05) is 24.0 Å². The molecular formula is C17H23ClN2O4. The third kappa shape index (κ3) is 5.03. The predicted octanol–water partition coefficient (Wildman–Crippen LogP) is 3.63. The lowest BCUT2D eigenvalue weighted by molar-refractivity contribution is -0.121. The quantitative estimate of drug-likeness (QED) is 0.795. The number of phenols is 1. The highest BCUT2D eigenvalue weighted by molar-refractivity contribution is 6.31. The van der Waals surface area contributed by atoms with E-state index >= 15 is 0 Å². The second-order valence-electron chi connectivity index (χ2n) is 6.89. The molecule has 0 aliphatic carbocycles. The Morgan fingerprint density at radius 3 is 2.50 bits per heavy atom. The van der Waals surface area contributed by atoms with Crippen LogP contribution in [0.15, 0.2) is 18.2 Å². The maximum absolute atomic E-state index is 12.3. The molecule has 1 saturated heterocycles. The molecule has 0 atom stereocenters. The fourth-order valence-electron chi connectivity index (χ4n) is 2.49. The molecule has 1 aliphatic rings. The first kappa shape index (κ1) is 18.4. The molecular weight excluding hydrogens is 332 g/mol. The average Bonchev–Trinajstić information content (AvgIpc) is 2.49. The zero-order valence-corrected chi connectivity index (χ0v) is 14.9. The highest BCUT2D eigenvalue weighted by Crippen LogP contribution is 2.28. The number of hydrogen-bond donors (Lipinski definition) is 2. The number of piperidine rings is 1. The summed E-state index contributed by atoms with van der Waals surface area (Å²) in [6.45, 7) is 6.40. The van der Waals surface area contributed by atoms with E-state index in [1.165, 1.54) is 12.1 Å². The molecule has 2 amide bonds. The number of hydrogen-bond acceptors (Lipinski definition) is 4. The number of phenolic OH excluding ortho intramolecular Hbond substituents is 1. The number of halogens is 1. The lowest BCUT2D eigenvalue weighted by atomic mass is 9.96. The molecule has 0 spiro atoms. The van der Waals surface area contributed by atoms with Gasteiger partial charge in [0.2, 0.25) is 5.91 Å². The first-order valence-electron chi connectivity index (χ1n) is 7.93. The van der Waals surface area contributed by atoms with E-state index in [1.807, 2.05) is 20.8 Å². The van der Waals surface area contributed by atoms with E-state index in [4.69, 9.17) is 16.3 Å².